The number of rotatable bonds is 10. The molecule has 17 heavy (non-hydrogen) atoms. The van der Waals surface area contributed by atoms with Gasteiger partial charge in [0, 0.05) is 11.9 Å². The quantitative estimate of drug-likeness (QED) is 0.384. The molecule has 0 amide bonds. The molecule has 0 aromatic heterocycles. The van der Waals surface area contributed by atoms with Gasteiger partial charge in [-0.2, -0.15) is 0 Å². The number of ether oxygens (including phenoxy) is 1. The van der Waals surface area contributed by atoms with Gasteiger partial charge in [0.1, 0.15) is 0 Å². The Hall–Kier alpha value is 0.440. The lowest BCUT2D eigenvalue weighted by Crippen LogP contribution is -2.18. The second kappa shape index (κ2) is 11.5. The maximum Gasteiger partial charge on any atom is 0.0575 e. The Morgan fingerprint density at radius 2 is 1.47 bits per heavy atom. The van der Waals surface area contributed by atoms with Crippen LogP contribution >= 0.6 is 15.9 Å². The standard InChI is InChI=1S/C15H29BrO/c16-13-9-6-4-2-1-3-5-7-11-15-12-8-10-14-17-15/h15H,1-14H2. The van der Waals surface area contributed by atoms with Crippen molar-refractivity contribution in [2.75, 3.05) is 11.9 Å². The van der Waals surface area contributed by atoms with Crippen LogP contribution in [0.3, 0.4) is 0 Å². The van der Waals surface area contributed by atoms with Crippen LogP contribution in [-0.4, -0.2) is 18.0 Å². The third-order valence-electron chi connectivity index (χ3n) is 3.68. The normalized spacial score (nSPS) is 20.6. The topological polar surface area (TPSA) is 9.23 Å². The molecule has 0 radical (unpaired) electrons. The molecule has 1 heterocycles. The molecule has 0 aliphatic carbocycles. The van der Waals surface area contributed by atoms with E-state index in [2.05, 4.69) is 15.9 Å². The maximum absolute atomic E-state index is 5.75. The van der Waals surface area contributed by atoms with Gasteiger partial charge in [-0.25, -0.2) is 0 Å². The van der Waals surface area contributed by atoms with Crippen LogP contribution in [0.15, 0.2) is 0 Å². The molecule has 0 N–H and O–H groups in total. The van der Waals surface area contributed by atoms with Crippen LogP contribution in [0.2, 0.25) is 0 Å². The average Bonchev–Trinajstić information content (AvgIpc) is 2.38. The molecular weight excluding hydrogens is 276 g/mol. The first-order valence-corrected chi connectivity index (χ1v) is 8.73. The summed E-state index contributed by atoms with van der Waals surface area (Å²) >= 11 is 3.48. The first-order valence-electron chi connectivity index (χ1n) is 7.61. The van der Waals surface area contributed by atoms with Gasteiger partial charge in [-0.05, 0) is 32.1 Å². The minimum Gasteiger partial charge on any atom is -0.378 e. The Morgan fingerprint density at radius 3 is 2.06 bits per heavy atom. The smallest absolute Gasteiger partial charge is 0.0575 e. The van der Waals surface area contributed by atoms with Crippen molar-refractivity contribution in [1.82, 2.24) is 0 Å². The summed E-state index contributed by atoms with van der Waals surface area (Å²) in [6, 6.07) is 0. The SMILES string of the molecule is BrCCCCCCCCCCC1CCCCO1. The van der Waals surface area contributed by atoms with Crippen LogP contribution < -0.4 is 0 Å². The van der Waals surface area contributed by atoms with E-state index < -0.39 is 0 Å². The molecule has 0 spiro atoms. The minimum absolute atomic E-state index is 0.600. The molecule has 0 aromatic carbocycles. The number of hydrogen-bond donors (Lipinski definition) is 0. The summed E-state index contributed by atoms with van der Waals surface area (Å²) in [6.07, 6.45) is 17.2. The zero-order chi connectivity index (χ0) is 12.2. The van der Waals surface area contributed by atoms with Crippen molar-refractivity contribution >= 4 is 15.9 Å². The Labute approximate surface area is 116 Å². The Bertz CT molecular complexity index is 155. The molecule has 1 saturated heterocycles. The van der Waals surface area contributed by atoms with E-state index >= 15 is 0 Å². The van der Waals surface area contributed by atoms with Gasteiger partial charge < -0.3 is 4.74 Å². The van der Waals surface area contributed by atoms with Crippen molar-refractivity contribution in [3.63, 3.8) is 0 Å². The Kier molecular flexibility index (Phi) is 10.5. The van der Waals surface area contributed by atoms with Gasteiger partial charge in [-0.1, -0.05) is 60.9 Å². The summed E-state index contributed by atoms with van der Waals surface area (Å²) in [6.45, 7) is 1.01. The van der Waals surface area contributed by atoms with Crippen LogP contribution in [-0.2, 0) is 4.74 Å². The summed E-state index contributed by atoms with van der Waals surface area (Å²) in [5.74, 6) is 0. The highest BCUT2D eigenvalue weighted by molar-refractivity contribution is 9.09. The third-order valence-corrected chi connectivity index (χ3v) is 4.24. The lowest BCUT2D eigenvalue weighted by atomic mass is 10.0. The molecule has 1 aliphatic rings. The highest BCUT2D eigenvalue weighted by Crippen LogP contribution is 2.19. The van der Waals surface area contributed by atoms with E-state index in [1.807, 2.05) is 0 Å². The van der Waals surface area contributed by atoms with E-state index in [1.165, 1.54) is 82.4 Å². The van der Waals surface area contributed by atoms with E-state index in [0.717, 1.165) is 6.61 Å². The zero-order valence-corrected chi connectivity index (χ0v) is 12.8. The molecule has 1 fully saturated rings. The van der Waals surface area contributed by atoms with Gasteiger partial charge in [0.05, 0.1) is 6.10 Å². The van der Waals surface area contributed by atoms with Crippen molar-refractivity contribution in [3.8, 4) is 0 Å². The monoisotopic (exact) mass is 304 g/mol. The number of unbranched alkanes of at least 4 members (excludes halogenated alkanes) is 7. The zero-order valence-electron chi connectivity index (χ0n) is 11.3. The van der Waals surface area contributed by atoms with E-state index in [-0.39, 0.29) is 0 Å². The largest absolute Gasteiger partial charge is 0.378 e. The molecule has 1 atom stereocenters. The summed E-state index contributed by atoms with van der Waals surface area (Å²) in [7, 11) is 0. The summed E-state index contributed by atoms with van der Waals surface area (Å²) < 4.78 is 5.75. The molecule has 2 heteroatoms. The molecular formula is C15H29BrO. The fourth-order valence-corrected chi connectivity index (χ4v) is 2.96. The van der Waals surface area contributed by atoms with Gasteiger partial charge in [-0.3, -0.25) is 0 Å². The van der Waals surface area contributed by atoms with Crippen molar-refractivity contribution in [3.05, 3.63) is 0 Å². The molecule has 0 bridgehead atoms. The van der Waals surface area contributed by atoms with Crippen LogP contribution in [0, 0.1) is 0 Å². The molecule has 1 aliphatic heterocycles. The number of hydrogen-bond acceptors (Lipinski definition) is 1. The number of halogens is 1. The van der Waals surface area contributed by atoms with Crippen LogP contribution in [0.25, 0.3) is 0 Å². The van der Waals surface area contributed by atoms with Crippen LogP contribution in [0.5, 0.6) is 0 Å². The fraction of sp³-hybridized carbons (Fsp3) is 1.00. The Balaban J connectivity index is 1.75. The van der Waals surface area contributed by atoms with Gasteiger partial charge in [0.2, 0.25) is 0 Å². The van der Waals surface area contributed by atoms with Crippen molar-refractivity contribution in [2.45, 2.75) is 83.2 Å². The van der Waals surface area contributed by atoms with Crippen LogP contribution in [0.4, 0.5) is 0 Å². The molecule has 102 valence electrons. The molecule has 0 aromatic rings. The highest BCUT2D eigenvalue weighted by Gasteiger charge is 2.12. The van der Waals surface area contributed by atoms with Gasteiger partial charge in [0.15, 0.2) is 0 Å². The van der Waals surface area contributed by atoms with Gasteiger partial charge in [-0.15, -0.1) is 0 Å². The van der Waals surface area contributed by atoms with Crippen LogP contribution in [0.1, 0.15) is 77.0 Å². The summed E-state index contributed by atoms with van der Waals surface area (Å²) in [4.78, 5) is 0. The van der Waals surface area contributed by atoms with Crippen molar-refractivity contribution in [1.29, 1.82) is 0 Å². The van der Waals surface area contributed by atoms with Crippen molar-refractivity contribution in [2.24, 2.45) is 0 Å². The highest BCUT2D eigenvalue weighted by atomic mass is 79.9. The summed E-state index contributed by atoms with van der Waals surface area (Å²) in [5, 5.41) is 1.17. The van der Waals surface area contributed by atoms with Crippen molar-refractivity contribution < 1.29 is 4.74 Å². The first kappa shape index (κ1) is 15.5. The number of alkyl halides is 1. The van der Waals surface area contributed by atoms with E-state index in [4.69, 9.17) is 4.74 Å². The molecule has 0 saturated carbocycles. The lowest BCUT2D eigenvalue weighted by molar-refractivity contribution is 0.00977. The molecule has 1 rings (SSSR count). The second-order valence-corrected chi connectivity index (χ2v) is 6.09. The predicted octanol–water partition coefficient (Wildman–Crippen LogP) is 5.46. The summed E-state index contributed by atoms with van der Waals surface area (Å²) in [5.41, 5.74) is 0. The molecule has 1 unspecified atom stereocenters. The first-order chi connectivity index (χ1) is 8.43. The molecule has 1 nitrogen and oxygen atoms in total. The van der Waals surface area contributed by atoms with Gasteiger partial charge >= 0.3 is 0 Å². The fourth-order valence-electron chi connectivity index (χ4n) is 2.56. The average molecular weight is 305 g/mol. The minimum atomic E-state index is 0.600. The van der Waals surface area contributed by atoms with E-state index in [1.54, 1.807) is 0 Å². The maximum atomic E-state index is 5.75. The lowest BCUT2D eigenvalue weighted by Gasteiger charge is -2.22. The van der Waals surface area contributed by atoms with E-state index in [0.29, 0.717) is 6.10 Å². The second-order valence-electron chi connectivity index (χ2n) is 5.29. The van der Waals surface area contributed by atoms with Gasteiger partial charge in [0.25, 0.3) is 0 Å². The van der Waals surface area contributed by atoms with E-state index in [9.17, 15) is 0 Å². The predicted molar refractivity (Wildman–Crippen MR) is 78.9 cm³/mol. The third kappa shape index (κ3) is 9.07. The Morgan fingerprint density at radius 1 is 0.824 bits per heavy atom.